The fourth-order valence-corrected chi connectivity index (χ4v) is 2.25. The van der Waals surface area contributed by atoms with Crippen LogP contribution in [0.15, 0.2) is 23.1 Å². The SMILES string of the molecule is CCOC(=O)c1ccc(SCCC(=O)OC)c(N)c1. The van der Waals surface area contributed by atoms with Crippen LogP contribution in [0, 0.1) is 0 Å². The van der Waals surface area contributed by atoms with Gasteiger partial charge in [-0.15, -0.1) is 11.8 Å². The molecule has 0 heterocycles. The Balaban J connectivity index is 2.62. The van der Waals surface area contributed by atoms with Gasteiger partial charge in [0.1, 0.15) is 0 Å². The minimum absolute atomic E-state index is 0.255. The minimum Gasteiger partial charge on any atom is -0.469 e. The summed E-state index contributed by atoms with van der Waals surface area (Å²) < 4.78 is 9.44. The van der Waals surface area contributed by atoms with Crippen LogP contribution in [0.4, 0.5) is 5.69 Å². The van der Waals surface area contributed by atoms with Crippen LogP contribution in [0.25, 0.3) is 0 Å². The molecule has 0 radical (unpaired) electrons. The van der Waals surface area contributed by atoms with E-state index in [4.69, 9.17) is 10.5 Å². The number of ether oxygens (including phenoxy) is 2. The molecule has 19 heavy (non-hydrogen) atoms. The van der Waals surface area contributed by atoms with Crippen LogP contribution in [0.5, 0.6) is 0 Å². The molecule has 1 rings (SSSR count). The molecular weight excluding hydrogens is 266 g/mol. The molecular formula is C13H17NO4S. The zero-order valence-corrected chi connectivity index (χ0v) is 11.8. The number of hydrogen-bond donors (Lipinski definition) is 1. The van der Waals surface area contributed by atoms with Gasteiger partial charge in [-0.05, 0) is 25.1 Å². The van der Waals surface area contributed by atoms with Gasteiger partial charge in [-0.1, -0.05) is 0 Å². The maximum absolute atomic E-state index is 11.5. The summed E-state index contributed by atoms with van der Waals surface area (Å²) >= 11 is 1.45. The number of esters is 2. The minimum atomic E-state index is -0.389. The average Bonchev–Trinajstić information content (AvgIpc) is 2.40. The lowest BCUT2D eigenvalue weighted by molar-refractivity contribution is -0.140. The summed E-state index contributed by atoms with van der Waals surface area (Å²) in [5, 5.41) is 0. The van der Waals surface area contributed by atoms with Gasteiger partial charge in [-0.3, -0.25) is 4.79 Å². The Labute approximate surface area is 116 Å². The summed E-state index contributed by atoms with van der Waals surface area (Å²) in [6, 6.07) is 5.00. The number of thioether (sulfide) groups is 1. The Morgan fingerprint density at radius 3 is 2.68 bits per heavy atom. The number of methoxy groups -OCH3 is 1. The lowest BCUT2D eigenvalue weighted by Crippen LogP contribution is -2.05. The van der Waals surface area contributed by atoms with Crippen molar-refractivity contribution in [1.29, 1.82) is 0 Å². The number of anilines is 1. The summed E-state index contributed by atoms with van der Waals surface area (Å²) in [5.41, 5.74) is 6.79. The quantitative estimate of drug-likeness (QED) is 0.489. The van der Waals surface area contributed by atoms with Crippen LogP contribution in [0.1, 0.15) is 23.7 Å². The predicted molar refractivity (Wildman–Crippen MR) is 74.2 cm³/mol. The molecule has 0 amide bonds. The fourth-order valence-electron chi connectivity index (χ4n) is 1.37. The van der Waals surface area contributed by atoms with Gasteiger partial charge in [0.2, 0.25) is 0 Å². The molecule has 0 saturated heterocycles. The van der Waals surface area contributed by atoms with Crippen LogP contribution in [-0.4, -0.2) is 31.4 Å². The van der Waals surface area contributed by atoms with Crippen molar-refractivity contribution in [1.82, 2.24) is 0 Å². The van der Waals surface area contributed by atoms with Crippen molar-refractivity contribution in [2.45, 2.75) is 18.2 Å². The topological polar surface area (TPSA) is 78.6 Å². The normalized spacial score (nSPS) is 10.0. The lowest BCUT2D eigenvalue weighted by atomic mass is 10.2. The van der Waals surface area contributed by atoms with Crippen LogP contribution in [-0.2, 0) is 14.3 Å². The number of nitrogen functional groups attached to an aromatic ring is 1. The lowest BCUT2D eigenvalue weighted by Gasteiger charge is -2.07. The highest BCUT2D eigenvalue weighted by molar-refractivity contribution is 7.99. The first-order valence-electron chi connectivity index (χ1n) is 5.84. The molecule has 104 valence electrons. The predicted octanol–water partition coefficient (Wildman–Crippen LogP) is 2.10. The molecule has 0 aliphatic carbocycles. The van der Waals surface area contributed by atoms with E-state index in [-0.39, 0.29) is 11.9 Å². The summed E-state index contributed by atoms with van der Waals surface area (Å²) in [4.78, 5) is 23.3. The number of benzene rings is 1. The maximum Gasteiger partial charge on any atom is 0.338 e. The second-order valence-corrected chi connectivity index (χ2v) is 4.78. The summed E-state index contributed by atoms with van der Waals surface area (Å²) in [5.74, 6) is -0.0650. The van der Waals surface area contributed by atoms with E-state index in [2.05, 4.69) is 4.74 Å². The molecule has 0 aromatic heterocycles. The first-order chi connectivity index (χ1) is 9.08. The van der Waals surface area contributed by atoms with Crippen molar-refractivity contribution in [3.8, 4) is 0 Å². The molecule has 0 aliphatic rings. The van der Waals surface area contributed by atoms with E-state index in [1.807, 2.05) is 0 Å². The van der Waals surface area contributed by atoms with E-state index < -0.39 is 0 Å². The van der Waals surface area contributed by atoms with Crippen molar-refractivity contribution in [3.63, 3.8) is 0 Å². The van der Waals surface area contributed by atoms with Crippen LogP contribution >= 0.6 is 11.8 Å². The van der Waals surface area contributed by atoms with Crippen molar-refractivity contribution in [3.05, 3.63) is 23.8 Å². The number of rotatable bonds is 6. The smallest absolute Gasteiger partial charge is 0.338 e. The fraction of sp³-hybridized carbons (Fsp3) is 0.385. The van der Waals surface area contributed by atoms with Crippen LogP contribution in [0.2, 0.25) is 0 Å². The molecule has 0 unspecified atom stereocenters. The molecule has 2 N–H and O–H groups in total. The molecule has 5 nitrogen and oxygen atoms in total. The maximum atomic E-state index is 11.5. The van der Waals surface area contributed by atoms with Crippen LogP contribution < -0.4 is 5.73 Å². The first kappa shape index (κ1) is 15.4. The molecule has 1 aromatic carbocycles. The molecule has 0 aliphatic heterocycles. The van der Waals surface area contributed by atoms with Gasteiger partial charge in [0.15, 0.2) is 0 Å². The summed E-state index contributed by atoms with van der Waals surface area (Å²) in [6.07, 6.45) is 0.320. The third kappa shape index (κ3) is 4.82. The highest BCUT2D eigenvalue weighted by Crippen LogP contribution is 2.26. The van der Waals surface area contributed by atoms with Gasteiger partial charge in [0.25, 0.3) is 0 Å². The third-order valence-electron chi connectivity index (χ3n) is 2.31. The molecule has 6 heteroatoms. The Bertz CT molecular complexity index is 462. The molecule has 0 bridgehead atoms. The standard InChI is InChI=1S/C13H17NO4S/c1-3-18-13(16)9-4-5-11(10(14)8-9)19-7-6-12(15)17-2/h4-5,8H,3,6-7,14H2,1-2H3. The monoisotopic (exact) mass is 283 g/mol. The Morgan fingerprint density at radius 2 is 2.11 bits per heavy atom. The van der Waals surface area contributed by atoms with Gasteiger partial charge in [-0.2, -0.15) is 0 Å². The Morgan fingerprint density at radius 1 is 1.37 bits per heavy atom. The van der Waals surface area contributed by atoms with Crippen molar-refractivity contribution < 1.29 is 19.1 Å². The Kier molecular flexibility index (Phi) is 6.21. The third-order valence-corrected chi connectivity index (χ3v) is 3.40. The largest absolute Gasteiger partial charge is 0.469 e. The van der Waals surface area contributed by atoms with Crippen molar-refractivity contribution in [2.75, 3.05) is 25.2 Å². The zero-order chi connectivity index (χ0) is 14.3. The highest BCUT2D eigenvalue weighted by atomic mass is 32.2. The van der Waals surface area contributed by atoms with Crippen molar-refractivity contribution in [2.24, 2.45) is 0 Å². The summed E-state index contributed by atoms with van der Waals surface area (Å²) in [6.45, 7) is 2.08. The van der Waals surface area contributed by atoms with Gasteiger partial charge in [0, 0.05) is 16.3 Å². The van der Waals surface area contributed by atoms with E-state index in [1.165, 1.54) is 18.9 Å². The molecule has 1 aromatic rings. The zero-order valence-electron chi connectivity index (χ0n) is 11.0. The van der Waals surface area contributed by atoms with E-state index in [9.17, 15) is 9.59 Å². The Hall–Kier alpha value is -1.69. The second-order valence-electron chi connectivity index (χ2n) is 3.65. The van der Waals surface area contributed by atoms with Gasteiger partial charge < -0.3 is 15.2 Å². The highest BCUT2D eigenvalue weighted by Gasteiger charge is 2.09. The first-order valence-corrected chi connectivity index (χ1v) is 6.83. The number of carbonyl (C=O) groups is 2. The van der Waals surface area contributed by atoms with Gasteiger partial charge >= 0.3 is 11.9 Å². The van der Waals surface area contributed by atoms with Gasteiger partial charge in [-0.25, -0.2) is 4.79 Å². The molecule has 0 atom stereocenters. The number of nitrogens with two attached hydrogens (primary N) is 1. The second kappa shape index (κ2) is 7.68. The molecule has 0 saturated carbocycles. The van der Waals surface area contributed by atoms with E-state index in [1.54, 1.807) is 25.1 Å². The van der Waals surface area contributed by atoms with E-state index in [0.717, 1.165) is 4.90 Å². The molecule has 0 fully saturated rings. The average molecular weight is 283 g/mol. The number of hydrogen-bond acceptors (Lipinski definition) is 6. The molecule has 0 spiro atoms. The van der Waals surface area contributed by atoms with Crippen LogP contribution in [0.3, 0.4) is 0 Å². The summed E-state index contributed by atoms with van der Waals surface area (Å²) in [7, 11) is 1.36. The van der Waals surface area contributed by atoms with Crippen molar-refractivity contribution >= 4 is 29.4 Å². The van der Waals surface area contributed by atoms with Gasteiger partial charge in [0.05, 0.1) is 25.7 Å². The van der Waals surface area contributed by atoms with E-state index >= 15 is 0 Å². The number of carbonyl (C=O) groups excluding carboxylic acids is 2. The van der Waals surface area contributed by atoms with E-state index in [0.29, 0.717) is 30.0 Å².